The van der Waals surface area contributed by atoms with E-state index in [4.69, 9.17) is 4.74 Å². The molecule has 3 heteroatoms. The molecule has 0 spiro atoms. The van der Waals surface area contributed by atoms with Crippen molar-refractivity contribution in [1.29, 1.82) is 0 Å². The summed E-state index contributed by atoms with van der Waals surface area (Å²) in [6, 6.07) is 28.0. The first-order valence-corrected chi connectivity index (χ1v) is 7.45. The van der Waals surface area contributed by atoms with Crippen LogP contribution in [0.2, 0.25) is 0 Å². The lowest BCUT2D eigenvalue weighted by Gasteiger charge is -2.19. The standard InChI is InChI=1S/C20H18N2O/c1-23-20-14-12-17(13-15-20)16-21-22(18-8-4-2-5-9-18)19-10-6-3-7-11-19/h2-16H,1H3. The molecule has 0 atom stereocenters. The first-order chi connectivity index (χ1) is 11.4. The van der Waals surface area contributed by atoms with E-state index in [1.807, 2.05) is 96.2 Å². The van der Waals surface area contributed by atoms with Gasteiger partial charge in [0.2, 0.25) is 0 Å². The minimum atomic E-state index is 0.838. The number of nitrogens with zero attached hydrogens (tertiary/aromatic N) is 2. The Morgan fingerprint density at radius 3 is 1.74 bits per heavy atom. The fourth-order valence-electron chi connectivity index (χ4n) is 2.24. The van der Waals surface area contributed by atoms with Gasteiger partial charge >= 0.3 is 0 Å². The molecule has 0 aliphatic carbocycles. The zero-order chi connectivity index (χ0) is 15.9. The van der Waals surface area contributed by atoms with Crippen molar-refractivity contribution < 1.29 is 4.74 Å². The summed E-state index contributed by atoms with van der Waals surface area (Å²) in [6.45, 7) is 0. The van der Waals surface area contributed by atoms with Crippen LogP contribution in [0.25, 0.3) is 0 Å². The van der Waals surface area contributed by atoms with Crippen LogP contribution >= 0.6 is 0 Å². The quantitative estimate of drug-likeness (QED) is 0.496. The molecule has 3 aromatic carbocycles. The van der Waals surface area contributed by atoms with Gasteiger partial charge in [-0.3, -0.25) is 0 Å². The van der Waals surface area contributed by atoms with Crippen LogP contribution in [0.15, 0.2) is 90.0 Å². The van der Waals surface area contributed by atoms with Crippen LogP contribution in [0.4, 0.5) is 11.4 Å². The van der Waals surface area contributed by atoms with Crippen molar-refractivity contribution in [2.24, 2.45) is 5.10 Å². The van der Waals surface area contributed by atoms with Crippen molar-refractivity contribution in [2.75, 3.05) is 12.1 Å². The lowest BCUT2D eigenvalue weighted by atomic mass is 10.2. The highest BCUT2D eigenvalue weighted by molar-refractivity contribution is 5.81. The predicted molar refractivity (Wildman–Crippen MR) is 95.6 cm³/mol. The van der Waals surface area contributed by atoms with E-state index in [1.54, 1.807) is 7.11 Å². The van der Waals surface area contributed by atoms with Gasteiger partial charge in [0, 0.05) is 0 Å². The highest BCUT2D eigenvalue weighted by Crippen LogP contribution is 2.25. The Kier molecular flexibility index (Phi) is 4.69. The van der Waals surface area contributed by atoms with Crippen LogP contribution in [0, 0.1) is 0 Å². The second-order valence-corrected chi connectivity index (χ2v) is 5.00. The van der Waals surface area contributed by atoms with Gasteiger partial charge in [0.15, 0.2) is 0 Å². The van der Waals surface area contributed by atoms with E-state index < -0.39 is 0 Å². The topological polar surface area (TPSA) is 24.8 Å². The third kappa shape index (κ3) is 3.77. The molecule has 0 aliphatic heterocycles. The zero-order valence-corrected chi connectivity index (χ0v) is 13.0. The molecule has 0 heterocycles. The molecule has 114 valence electrons. The van der Waals surface area contributed by atoms with Crippen molar-refractivity contribution >= 4 is 17.6 Å². The molecule has 0 N–H and O–H groups in total. The van der Waals surface area contributed by atoms with Gasteiger partial charge in [-0.05, 0) is 54.1 Å². The van der Waals surface area contributed by atoms with Crippen molar-refractivity contribution in [2.45, 2.75) is 0 Å². The normalized spacial score (nSPS) is 10.7. The average Bonchev–Trinajstić information content (AvgIpc) is 2.64. The first kappa shape index (κ1) is 14.9. The van der Waals surface area contributed by atoms with E-state index >= 15 is 0 Å². The maximum absolute atomic E-state index is 5.18. The SMILES string of the molecule is COc1ccc(C=NN(c2ccccc2)c2ccccc2)cc1. The molecule has 0 fully saturated rings. The summed E-state index contributed by atoms with van der Waals surface area (Å²) in [5.74, 6) is 0.838. The van der Waals surface area contributed by atoms with Crippen LogP contribution < -0.4 is 9.75 Å². The van der Waals surface area contributed by atoms with Crippen molar-refractivity contribution in [1.82, 2.24) is 0 Å². The van der Waals surface area contributed by atoms with E-state index in [0.29, 0.717) is 0 Å². The number of hydrazone groups is 1. The van der Waals surface area contributed by atoms with Gasteiger partial charge in [-0.1, -0.05) is 36.4 Å². The molecule has 0 aromatic heterocycles. The van der Waals surface area contributed by atoms with Gasteiger partial charge in [0.25, 0.3) is 0 Å². The summed E-state index contributed by atoms with van der Waals surface area (Å²) in [5.41, 5.74) is 3.05. The van der Waals surface area contributed by atoms with E-state index in [0.717, 1.165) is 22.7 Å². The molecule has 3 aromatic rings. The number of benzene rings is 3. The van der Waals surface area contributed by atoms with Gasteiger partial charge in [0.05, 0.1) is 24.7 Å². The van der Waals surface area contributed by atoms with Crippen LogP contribution in [-0.2, 0) is 0 Å². The minimum absolute atomic E-state index is 0.838. The summed E-state index contributed by atoms with van der Waals surface area (Å²) in [7, 11) is 1.66. The Bertz CT molecular complexity index is 713. The van der Waals surface area contributed by atoms with E-state index in [2.05, 4.69) is 5.10 Å². The number of hydrogen-bond acceptors (Lipinski definition) is 3. The van der Waals surface area contributed by atoms with Crippen LogP contribution in [-0.4, -0.2) is 13.3 Å². The van der Waals surface area contributed by atoms with Gasteiger partial charge < -0.3 is 4.74 Å². The summed E-state index contributed by atoms with van der Waals surface area (Å²) in [5, 5.41) is 6.58. The van der Waals surface area contributed by atoms with Crippen LogP contribution in [0.3, 0.4) is 0 Å². The highest BCUT2D eigenvalue weighted by Gasteiger charge is 2.06. The Labute approximate surface area is 136 Å². The fourth-order valence-corrected chi connectivity index (χ4v) is 2.24. The Hall–Kier alpha value is -3.07. The van der Waals surface area contributed by atoms with Crippen molar-refractivity contribution in [3.63, 3.8) is 0 Å². The second kappa shape index (κ2) is 7.27. The number of para-hydroxylation sites is 2. The zero-order valence-electron chi connectivity index (χ0n) is 13.0. The van der Waals surface area contributed by atoms with Gasteiger partial charge in [-0.25, -0.2) is 5.01 Å². The van der Waals surface area contributed by atoms with Crippen LogP contribution in [0.1, 0.15) is 5.56 Å². The number of ether oxygens (including phenoxy) is 1. The van der Waals surface area contributed by atoms with Crippen LogP contribution in [0.5, 0.6) is 5.75 Å². The molecule has 0 aliphatic rings. The third-order valence-electron chi connectivity index (χ3n) is 3.44. The van der Waals surface area contributed by atoms with Gasteiger partial charge in [0.1, 0.15) is 5.75 Å². The number of hydrogen-bond donors (Lipinski definition) is 0. The molecular formula is C20H18N2O. The summed E-state index contributed by atoms with van der Waals surface area (Å²) in [4.78, 5) is 0. The number of rotatable bonds is 5. The van der Waals surface area contributed by atoms with Crippen molar-refractivity contribution in [3.05, 3.63) is 90.5 Å². The summed E-state index contributed by atoms with van der Waals surface area (Å²) < 4.78 is 5.18. The molecule has 3 nitrogen and oxygen atoms in total. The molecule has 0 saturated heterocycles. The first-order valence-electron chi connectivity index (χ1n) is 7.45. The number of anilines is 2. The Morgan fingerprint density at radius 2 is 1.26 bits per heavy atom. The molecule has 0 unspecified atom stereocenters. The predicted octanol–water partition coefficient (Wildman–Crippen LogP) is 4.87. The fraction of sp³-hybridized carbons (Fsp3) is 0.0500. The molecule has 0 bridgehead atoms. The summed E-state index contributed by atoms with van der Waals surface area (Å²) in [6.07, 6.45) is 1.85. The molecule has 23 heavy (non-hydrogen) atoms. The van der Waals surface area contributed by atoms with E-state index in [9.17, 15) is 0 Å². The smallest absolute Gasteiger partial charge is 0.118 e. The Morgan fingerprint density at radius 1 is 0.739 bits per heavy atom. The monoisotopic (exact) mass is 302 g/mol. The third-order valence-corrected chi connectivity index (χ3v) is 3.44. The Balaban J connectivity index is 1.91. The maximum atomic E-state index is 5.18. The highest BCUT2D eigenvalue weighted by atomic mass is 16.5. The van der Waals surface area contributed by atoms with Gasteiger partial charge in [-0.2, -0.15) is 5.10 Å². The largest absolute Gasteiger partial charge is 0.497 e. The van der Waals surface area contributed by atoms with E-state index in [-0.39, 0.29) is 0 Å². The molecule has 0 saturated carbocycles. The molecule has 3 rings (SSSR count). The van der Waals surface area contributed by atoms with E-state index in [1.165, 1.54) is 0 Å². The second-order valence-electron chi connectivity index (χ2n) is 5.00. The lowest BCUT2D eigenvalue weighted by molar-refractivity contribution is 0.415. The summed E-state index contributed by atoms with van der Waals surface area (Å²) >= 11 is 0. The minimum Gasteiger partial charge on any atom is -0.497 e. The average molecular weight is 302 g/mol. The molecule has 0 amide bonds. The van der Waals surface area contributed by atoms with Crippen molar-refractivity contribution in [3.8, 4) is 5.75 Å². The maximum Gasteiger partial charge on any atom is 0.118 e. The molecule has 0 radical (unpaired) electrons. The molecular weight excluding hydrogens is 284 g/mol. The lowest BCUT2D eigenvalue weighted by Crippen LogP contribution is -2.09. The number of methoxy groups -OCH3 is 1. The van der Waals surface area contributed by atoms with Gasteiger partial charge in [-0.15, -0.1) is 0 Å².